The Morgan fingerprint density at radius 2 is 1.82 bits per heavy atom. The number of methoxy groups -OCH3 is 1. The van der Waals surface area contributed by atoms with E-state index in [-0.39, 0.29) is 5.60 Å². The predicted molar refractivity (Wildman–Crippen MR) is 74.0 cm³/mol. The molecule has 1 rings (SSSR count). The largest absolute Gasteiger partial charge is 0.379 e. The fourth-order valence-corrected chi connectivity index (χ4v) is 2.70. The molecule has 0 aromatic carbocycles. The van der Waals surface area contributed by atoms with E-state index < -0.39 is 0 Å². The van der Waals surface area contributed by atoms with Gasteiger partial charge in [-0.2, -0.15) is 0 Å². The van der Waals surface area contributed by atoms with Crippen molar-refractivity contribution >= 4 is 0 Å². The highest BCUT2D eigenvalue weighted by molar-refractivity contribution is 4.84. The first kappa shape index (κ1) is 15.0. The van der Waals surface area contributed by atoms with Crippen molar-refractivity contribution in [1.82, 2.24) is 0 Å². The van der Waals surface area contributed by atoms with Crippen LogP contribution in [0.25, 0.3) is 0 Å². The summed E-state index contributed by atoms with van der Waals surface area (Å²) in [4.78, 5) is 0. The molecule has 1 aliphatic carbocycles. The van der Waals surface area contributed by atoms with Crippen LogP contribution < -0.4 is 5.73 Å². The number of hydrogen-bond donors (Lipinski definition) is 1. The molecule has 0 aromatic rings. The van der Waals surface area contributed by atoms with Gasteiger partial charge in [0.05, 0.1) is 5.60 Å². The van der Waals surface area contributed by atoms with Crippen molar-refractivity contribution < 1.29 is 4.74 Å². The van der Waals surface area contributed by atoms with Gasteiger partial charge in [-0.3, -0.25) is 0 Å². The molecule has 0 aromatic heterocycles. The van der Waals surface area contributed by atoms with Gasteiger partial charge in [0, 0.05) is 13.2 Å². The van der Waals surface area contributed by atoms with Gasteiger partial charge in [-0.1, -0.05) is 13.8 Å². The second-order valence-electron chi connectivity index (χ2n) is 7.17. The molecule has 0 spiro atoms. The monoisotopic (exact) mass is 241 g/mol. The highest BCUT2D eigenvalue weighted by Crippen LogP contribution is 2.39. The minimum atomic E-state index is -0.0223. The summed E-state index contributed by atoms with van der Waals surface area (Å²) in [7, 11) is 1.79. The van der Waals surface area contributed by atoms with Crippen LogP contribution in [0.1, 0.15) is 66.2 Å². The lowest BCUT2D eigenvalue weighted by Gasteiger charge is -2.37. The zero-order valence-electron chi connectivity index (χ0n) is 12.4. The standard InChI is InChI=1S/C15H31NO/c1-14(2)9-6-12(7-10-14)13(16)8-11-15(3,4)17-5/h12-13H,6-11,16H2,1-5H3. The molecule has 2 N–H and O–H groups in total. The number of nitrogens with two attached hydrogens (primary N) is 1. The van der Waals surface area contributed by atoms with Crippen molar-refractivity contribution in [2.75, 3.05) is 7.11 Å². The van der Waals surface area contributed by atoms with E-state index >= 15 is 0 Å². The second kappa shape index (κ2) is 5.71. The quantitative estimate of drug-likeness (QED) is 0.796. The van der Waals surface area contributed by atoms with Gasteiger partial charge in [0.2, 0.25) is 0 Å². The Morgan fingerprint density at radius 1 is 1.29 bits per heavy atom. The molecule has 1 fully saturated rings. The van der Waals surface area contributed by atoms with E-state index in [0.29, 0.717) is 11.5 Å². The van der Waals surface area contributed by atoms with Crippen molar-refractivity contribution in [3.8, 4) is 0 Å². The van der Waals surface area contributed by atoms with Crippen molar-refractivity contribution in [3.05, 3.63) is 0 Å². The first-order valence-corrected chi connectivity index (χ1v) is 7.06. The topological polar surface area (TPSA) is 35.2 Å². The molecule has 1 atom stereocenters. The van der Waals surface area contributed by atoms with Gasteiger partial charge in [-0.25, -0.2) is 0 Å². The van der Waals surface area contributed by atoms with Crippen LogP contribution >= 0.6 is 0 Å². The fraction of sp³-hybridized carbons (Fsp3) is 1.00. The van der Waals surface area contributed by atoms with Gasteiger partial charge >= 0.3 is 0 Å². The molecule has 2 nitrogen and oxygen atoms in total. The van der Waals surface area contributed by atoms with Crippen LogP contribution in [-0.4, -0.2) is 18.8 Å². The van der Waals surface area contributed by atoms with Crippen LogP contribution in [0.5, 0.6) is 0 Å². The minimum Gasteiger partial charge on any atom is -0.379 e. The maximum atomic E-state index is 6.34. The van der Waals surface area contributed by atoms with E-state index in [2.05, 4.69) is 27.7 Å². The van der Waals surface area contributed by atoms with Gasteiger partial charge in [-0.15, -0.1) is 0 Å². The summed E-state index contributed by atoms with van der Waals surface area (Å²) in [6.07, 6.45) is 7.43. The average molecular weight is 241 g/mol. The molecule has 1 unspecified atom stereocenters. The van der Waals surface area contributed by atoms with Crippen molar-refractivity contribution in [2.45, 2.75) is 77.9 Å². The molecular formula is C15H31NO. The Balaban J connectivity index is 2.32. The Morgan fingerprint density at radius 3 is 2.29 bits per heavy atom. The zero-order valence-corrected chi connectivity index (χ0v) is 12.4. The molecule has 0 saturated heterocycles. The Bertz CT molecular complexity index is 225. The molecule has 2 heteroatoms. The third-order valence-corrected chi connectivity index (χ3v) is 4.62. The van der Waals surface area contributed by atoms with E-state index in [1.54, 1.807) is 7.11 Å². The summed E-state index contributed by atoms with van der Waals surface area (Å²) in [5, 5.41) is 0. The highest BCUT2D eigenvalue weighted by Gasteiger charge is 2.30. The smallest absolute Gasteiger partial charge is 0.0623 e. The Labute approximate surface area is 107 Å². The summed E-state index contributed by atoms with van der Waals surface area (Å²) in [5.74, 6) is 0.732. The van der Waals surface area contributed by atoms with Gasteiger partial charge in [-0.05, 0) is 63.7 Å². The van der Waals surface area contributed by atoms with Crippen LogP contribution in [0.3, 0.4) is 0 Å². The number of hydrogen-bond acceptors (Lipinski definition) is 2. The first-order valence-electron chi connectivity index (χ1n) is 7.06. The summed E-state index contributed by atoms with van der Waals surface area (Å²) in [6, 6.07) is 0.362. The Kier molecular flexibility index (Phi) is 5.03. The molecule has 0 aliphatic heterocycles. The second-order valence-corrected chi connectivity index (χ2v) is 7.17. The summed E-state index contributed by atoms with van der Waals surface area (Å²) < 4.78 is 5.45. The maximum Gasteiger partial charge on any atom is 0.0623 e. The van der Waals surface area contributed by atoms with Gasteiger partial charge in [0.15, 0.2) is 0 Å². The molecule has 102 valence electrons. The summed E-state index contributed by atoms with van der Waals surface area (Å²) >= 11 is 0. The number of rotatable bonds is 5. The maximum absolute atomic E-state index is 6.34. The van der Waals surface area contributed by atoms with Crippen molar-refractivity contribution in [3.63, 3.8) is 0 Å². The van der Waals surface area contributed by atoms with Gasteiger partial charge in [0.1, 0.15) is 0 Å². The van der Waals surface area contributed by atoms with Crippen LogP contribution in [0.4, 0.5) is 0 Å². The third-order valence-electron chi connectivity index (χ3n) is 4.62. The van der Waals surface area contributed by atoms with E-state index in [0.717, 1.165) is 18.8 Å². The molecule has 0 amide bonds. The molecule has 0 bridgehead atoms. The first-order chi connectivity index (χ1) is 7.76. The predicted octanol–water partition coefficient (Wildman–Crippen LogP) is 3.74. The molecular weight excluding hydrogens is 210 g/mol. The van der Waals surface area contributed by atoms with Gasteiger partial charge in [0.25, 0.3) is 0 Å². The lowest BCUT2D eigenvalue weighted by molar-refractivity contribution is 0.0101. The summed E-state index contributed by atoms with van der Waals surface area (Å²) in [5.41, 5.74) is 6.86. The SMILES string of the molecule is COC(C)(C)CCC(N)C1CCC(C)(C)CC1. The minimum absolute atomic E-state index is 0.0223. The number of ether oxygens (including phenoxy) is 1. The van der Waals surface area contributed by atoms with Crippen molar-refractivity contribution in [1.29, 1.82) is 0 Å². The molecule has 0 heterocycles. The normalized spacial score (nSPS) is 23.6. The molecule has 17 heavy (non-hydrogen) atoms. The van der Waals surface area contributed by atoms with Crippen molar-refractivity contribution in [2.24, 2.45) is 17.1 Å². The van der Waals surface area contributed by atoms with E-state index in [4.69, 9.17) is 10.5 Å². The van der Waals surface area contributed by atoms with Crippen LogP contribution in [0.2, 0.25) is 0 Å². The van der Waals surface area contributed by atoms with Crippen LogP contribution in [0, 0.1) is 11.3 Å². The summed E-state index contributed by atoms with van der Waals surface area (Å²) in [6.45, 7) is 9.04. The molecule has 1 saturated carbocycles. The van der Waals surface area contributed by atoms with Crippen LogP contribution in [0.15, 0.2) is 0 Å². The van der Waals surface area contributed by atoms with E-state index in [1.807, 2.05) is 0 Å². The Hall–Kier alpha value is -0.0800. The molecule has 0 radical (unpaired) electrons. The van der Waals surface area contributed by atoms with E-state index in [9.17, 15) is 0 Å². The lowest BCUT2D eigenvalue weighted by Crippen LogP contribution is -2.36. The van der Waals surface area contributed by atoms with Crippen LogP contribution in [-0.2, 0) is 4.74 Å². The van der Waals surface area contributed by atoms with Gasteiger partial charge < -0.3 is 10.5 Å². The fourth-order valence-electron chi connectivity index (χ4n) is 2.70. The molecule has 1 aliphatic rings. The third kappa shape index (κ3) is 4.97. The lowest BCUT2D eigenvalue weighted by atomic mass is 9.70. The average Bonchev–Trinajstić information content (AvgIpc) is 2.26. The zero-order chi connectivity index (χ0) is 13.1. The van der Waals surface area contributed by atoms with E-state index in [1.165, 1.54) is 25.7 Å². The highest BCUT2D eigenvalue weighted by atomic mass is 16.5.